The van der Waals surface area contributed by atoms with Crippen molar-refractivity contribution in [3.05, 3.63) is 29.4 Å². The zero-order chi connectivity index (χ0) is 11.4. The third kappa shape index (κ3) is 2.39. The van der Waals surface area contributed by atoms with Crippen LogP contribution in [0, 0.1) is 0 Å². The van der Waals surface area contributed by atoms with Crippen molar-refractivity contribution >= 4 is 27.3 Å². The fourth-order valence-electron chi connectivity index (χ4n) is 1.45. The highest BCUT2D eigenvalue weighted by Crippen LogP contribution is 2.20. The summed E-state index contributed by atoms with van der Waals surface area (Å²) in [5.41, 5.74) is 0.506. The summed E-state index contributed by atoms with van der Waals surface area (Å²) in [6.07, 6.45) is 3.84. The maximum atomic E-state index is 11.7. The summed E-state index contributed by atoms with van der Waals surface area (Å²) in [6, 6.07) is 3.85. The number of carbonyl (C=O) groups excluding carboxylic acids is 1. The Kier molecular flexibility index (Phi) is 3.51. The average Bonchev–Trinajstić information content (AvgIpc) is 2.76. The number of hydrogen-bond donors (Lipinski definition) is 1. The number of fused-ring (bicyclic) bond motifs is 1. The lowest BCUT2D eigenvalue weighted by Crippen LogP contribution is -2.25. The molecular weight excluding hydrogens is 220 g/mol. The number of hydrogen-bond acceptors (Lipinski definition) is 3. The lowest BCUT2D eigenvalue weighted by molar-refractivity contribution is 0.0948. The predicted octanol–water partition coefficient (Wildman–Crippen LogP) is 2.83. The number of unbranched alkanes of at least 4 members (excludes halogenated alkanes) is 1. The van der Waals surface area contributed by atoms with Gasteiger partial charge in [0.2, 0.25) is 0 Å². The molecule has 2 heterocycles. The first-order valence-electron chi connectivity index (χ1n) is 5.42. The van der Waals surface area contributed by atoms with Crippen molar-refractivity contribution in [1.29, 1.82) is 0 Å². The zero-order valence-corrected chi connectivity index (χ0v) is 10.0. The Morgan fingerprint density at radius 3 is 3.25 bits per heavy atom. The Hall–Kier alpha value is -1.42. The van der Waals surface area contributed by atoms with Crippen molar-refractivity contribution in [3.63, 3.8) is 0 Å². The SMILES string of the molecule is CCCCNC(=O)c1cc2sccc2cn1. The van der Waals surface area contributed by atoms with Crippen LogP contribution in [0.1, 0.15) is 30.3 Å². The van der Waals surface area contributed by atoms with Crippen LogP contribution in [0.2, 0.25) is 0 Å². The van der Waals surface area contributed by atoms with Gasteiger partial charge in [0.15, 0.2) is 0 Å². The Bertz CT molecular complexity index is 492. The number of nitrogens with one attached hydrogen (secondary N) is 1. The first kappa shape index (κ1) is 11.1. The lowest BCUT2D eigenvalue weighted by Gasteiger charge is -2.03. The van der Waals surface area contributed by atoms with Crippen LogP contribution in [0.5, 0.6) is 0 Å². The van der Waals surface area contributed by atoms with Gasteiger partial charge in [-0.15, -0.1) is 11.3 Å². The van der Waals surface area contributed by atoms with E-state index in [4.69, 9.17) is 0 Å². The van der Waals surface area contributed by atoms with Crippen molar-refractivity contribution in [1.82, 2.24) is 10.3 Å². The number of rotatable bonds is 4. The summed E-state index contributed by atoms with van der Waals surface area (Å²) in [7, 11) is 0. The summed E-state index contributed by atoms with van der Waals surface area (Å²) in [5, 5.41) is 5.96. The molecule has 1 N–H and O–H groups in total. The number of pyridine rings is 1. The second-order valence-electron chi connectivity index (χ2n) is 3.64. The average molecular weight is 234 g/mol. The van der Waals surface area contributed by atoms with E-state index in [9.17, 15) is 4.79 Å². The fraction of sp³-hybridized carbons (Fsp3) is 0.333. The van der Waals surface area contributed by atoms with E-state index in [0.717, 1.165) is 29.5 Å². The monoisotopic (exact) mass is 234 g/mol. The fourth-order valence-corrected chi connectivity index (χ4v) is 2.25. The highest BCUT2D eigenvalue weighted by Gasteiger charge is 2.07. The van der Waals surface area contributed by atoms with Crippen molar-refractivity contribution < 1.29 is 4.79 Å². The van der Waals surface area contributed by atoms with Gasteiger partial charge in [0.25, 0.3) is 5.91 Å². The highest BCUT2D eigenvalue weighted by molar-refractivity contribution is 7.17. The molecule has 2 rings (SSSR count). The summed E-state index contributed by atoms with van der Waals surface area (Å²) in [6.45, 7) is 2.82. The molecule has 0 fully saturated rings. The molecule has 0 radical (unpaired) electrons. The van der Waals surface area contributed by atoms with Crippen LogP contribution < -0.4 is 5.32 Å². The van der Waals surface area contributed by atoms with Crippen molar-refractivity contribution in [2.45, 2.75) is 19.8 Å². The highest BCUT2D eigenvalue weighted by atomic mass is 32.1. The van der Waals surface area contributed by atoms with Crippen molar-refractivity contribution in [2.75, 3.05) is 6.54 Å². The minimum absolute atomic E-state index is 0.0799. The molecule has 0 aliphatic carbocycles. The Labute approximate surface area is 98.5 Å². The molecule has 0 aliphatic heterocycles. The molecule has 0 aliphatic rings. The second-order valence-corrected chi connectivity index (χ2v) is 4.59. The maximum Gasteiger partial charge on any atom is 0.269 e. The van der Waals surface area contributed by atoms with Crippen molar-refractivity contribution in [2.24, 2.45) is 0 Å². The van der Waals surface area contributed by atoms with Crippen molar-refractivity contribution in [3.8, 4) is 0 Å². The number of amides is 1. The van der Waals surface area contributed by atoms with Gasteiger partial charge in [0.1, 0.15) is 5.69 Å². The Morgan fingerprint density at radius 2 is 2.44 bits per heavy atom. The first-order chi connectivity index (χ1) is 7.81. The van der Waals surface area contributed by atoms with E-state index in [2.05, 4.69) is 17.2 Å². The number of aromatic nitrogens is 1. The van der Waals surface area contributed by atoms with E-state index in [1.165, 1.54) is 0 Å². The van der Waals surface area contributed by atoms with Gasteiger partial charge in [0.05, 0.1) is 0 Å². The van der Waals surface area contributed by atoms with Crippen LogP contribution in [-0.4, -0.2) is 17.4 Å². The molecule has 2 aromatic heterocycles. The lowest BCUT2D eigenvalue weighted by atomic mass is 10.3. The van der Waals surface area contributed by atoms with Crippen LogP contribution in [0.15, 0.2) is 23.7 Å². The molecule has 1 amide bonds. The van der Waals surface area contributed by atoms with Gasteiger partial charge in [-0.25, -0.2) is 0 Å². The topological polar surface area (TPSA) is 42.0 Å². The maximum absolute atomic E-state index is 11.7. The van der Waals surface area contributed by atoms with Gasteiger partial charge in [-0.05, 0) is 23.9 Å². The van der Waals surface area contributed by atoms with Crippen LogP contribution >= 0.6 is 11.3 Å². The number of nitrogens with zero attached hydrogens (tertiary/aromatic N) is 1. The van der Waals surface area contributed by atoms with E-state index >= 15 is 0 Å². The van der Waals surface area contributed by atoms with Gasteiger partial charge >= 0.3 is 0 Å². The van der Waals surface area contributed by atoms with E-state index < -0.39 is 0 Å². The van der Waals surface area contributed by atoms with Gasteiger partial charge < -0.3 is 5.32 Å². The summed E-state index contributed by atoms with van der Waals surface area (Å²) >= 11 is 1.63. The van der Waals surface area contributed by atoms with Crippen LogP contribution in [0.4, 0.5) is 0 Å². The summed E-state index contributed by atoms with van der Waals surface area (Å²) < 4.78 is 1.11. The molecule has 0 atom stereocenters. The molecule has 84 valence electrons. The molecule has 16 heavy (non-hydrogen) atoms. The normalized spacial score (nSPS) is 10.6. The third-order valence-electron chi connectivity index (χ3n) is 2.39. The van der Waals surface area contributed by atoms with E-state index in [1.54, 1.807) is 17.5 Å². The molecule has 0 spiro atoms. The smallest absolute Gasteiger partial charge is 0.269 e. The molecule has 0 aromatic carbocycles. The number of carbonyl (C=O) groups is 1. The van der Waals surface area contributed by atoms with Gasteiger partial charge in [-0.3, -0.25) is 9.78 Å². The molecule has 0 bridgehead atoms. The van der Waals surface area contributed by atoms with Gasteiger partial charge in [-0.2, -0.15) is 0 Å². The molecule has 0 saturated carbocycles. The zero-order valence-electron chi connectivity index (χ0n) is 9.19. The Balaban J connectivity index is 2.10. The van der Waals surface area contributed by atoms with Crippen LogP contribution in [-0.2, 0) is 0 Å². The molecular formula is C12H14N2OS. The molecule has 3 nitrogen and oxygen atoms in total. The quantitative estimate of drug-likeness (QED) is 0.826. The summed E-state index contributed by atoms with van der Waals surface area (Å²) in [4.78, 5) is 15.9. The molecule has 4 heteroatoms. The van der Waals surface area contributed by atoms with E-state index in [1.807, 2.05) is 17.5 Å². The third-order valence-corrected chi connectivity index (χ3v) is 3.27. The second kappa shape index (κ2) is 5.07. The standard InChI is InChI=1S/C12H14N2OS/c1-2-3-5-13-12(15)10-7-11-9(8-14-10)4-6-16-11/h4,6-8H,2-3,5H2,1H3,(H,13,15). The molecule has 0 unspecified atom stereocenters. The first-order valence-corrected chi connectivity index (χ1v) is 6.30. The Morgan fingerprint density at radius 1 is 1.56 bits per heavy atom. The minimum Gasteiger partial charge on any atom is -0.351 e. The van der Waals surface area contributed by atoms with Gasteiger partial charge in [0, 0.05) is 22.8 Å². The largest absolute Gasteiger partial charge is 0.351 e. The van der Waals surface area contributed by atoms with Crippen LogP contribution in [0.3, 0.4) is 0 Å². The number of thiophene rings is 1. The predicted molar refractivity (Wildman–Crippen MR) is 66.9 cm³/mol. The van der Waals surface area contributed by atoms with E-state index in [-0.39, 0.29) is 5.91 Å². The van der Waals surface area contributed by atoms with Crippen LogP contribution in [0.25, 0.3) is 10.1 Å². The molecule has 0 saturated heterocycles. The summed E-state index contributed by atoms with van der Waals surface area (Å²) in [5.74, 6) is -0.0799. The minimum atomic E-state index is -0.0799. The van der Waals surface area contributed by atoms with E-state index in [0.29, 0.717) is 5.69 Å². The van der Waals surface area contributed by atoms with Gasteiger partial charge in [-0.1, -0.05) is 13.3 Å². The molecule has 2 aromatic rings.